The van der Waals surface area contributed by atoms with Crippen LogP contribution in [0.3, 0.4) is 0 Å². The van der Waals surface area contributed by atoms with Crippen LogP contribution in [0.1, 0.15) is 0 Å². The highest BCUT2D eigenvalue weighted by Crippen LogP contribution is 2.06. The second-order valence-electron chi connectivity index (χ2n) is 1.63. The molecule has 5 heteroatoms. The zero-order chi connectivity index (χ0) is 8.15. The van der Waals surface area contributed by atoms with Crippen molar-refractivity contribution in [3.8, 4) is 0 Å². The Bertz CT molecular complexity index is 115. The SMILES string of the molecule is OC(F)C(O)C(F)C=CF. The molecule has 0 saturated carbocycles. The van der Waals surface area contributed by atoms with E-state index >= 15 is 0 Å². The average Bonchev–Trinajstić information content (AvgIpc) is 1.87. The van der Waals surface area contributed by atoms with Gasteiger partial charge in [-0.15, -0.1) is 0 Å². The van der Waals surface area contributed by atoms with Crippen LogP contribution in [0.5, 0.6) is 0 Å². The Morgan fingerprint density at radius 3 is 2.00 bits per heavy atom. The van der Waals surface area contributed by atoms with Gasteiger partial charge >= 0.3 is 0 Å². The molecule has 0 radical (unpaired) electrons. The maximum absolute atomic E-state index is 12.1. The van der Waals surface area contributed by atoms with Crippen LogP contribution in [0.2, 0.25) is 0 Å². The third kappa shape index (κ3) is 2.84. The van der Waals surface area contributed by atoms with Crippen LogP contribution in [0.4, 0.5) is 13.2 Å². The van der Waals surface area contributed by atoms with E-state index in [2.05, 4.69) is 0 Å². The first kappa shape index (κ1) is 9.45. The van der Waals surface area contributed by atoms with Gasteiger partial charge in [0.25, 0.3) is 0 Å². The maximum Gasteiger partial charge on any atom is 0.225 e. The Balaban J connectivity index is 3.81. The molecule has 0 aliphatic carbocycles. The first-order chi connectivity index (χ1) is 4.59. The van der Waals surface area contributed by atoms with Gasteiger partial charge < -0.3 is 10.2 Å². The van der Waals surface area contributed by atoms with Crippen LogP contribution in [-0.2, 0) is 0 Å². The van der Waals surface area contributed by atoms with Crippen molar-refractivity contribution in [2.75, 3.05) is 0 Å². The molecule has 2 nitrogen and oxygen atoms in total. The van der Waals surface area contributed by atoms with Crippen LogP contribution in [-0.4, -0.2) is 28.8 Å². The monoisotopic (exact) mass is 156 g/mol. The highest BCUT2D eigenvalue weighted by molar-refractivity contribution is 4.88. The number of aliphatic hydroxyl groups excluding tert-OH is 2. The quantitative estimate of drug-likeness (QED) is 0.623. The number of aliphatic hydroxyl groups is 2. The van der Waals surface area contributed by atoms with E-state index in [0.29, 0.717) is 6.08 Å². The second-order valence-corrected chi connectivity index (χ2v) is 1.63. The standard InChI is InChI=1S/C5H7F3O2/c6-2-1-3(7)4(9)5(8)10/h1-5,9-10H. The van der Waals surface area contributed by atoms with Gasteiger partial charge in [-0.3, -0.25) is 0 Å². The summed E-state index contributed by atoms with van der Waals surface area (Å²) in [5, 5.41) is 16.2. The van der Waals surface area contributed by atoms with Gasteiger partial charge in [-0.2, -0.15) is 0 Å². The van der Waals surface area contributed by atoms with E-state index in [4.69, 9.17) is 10.2 Å². The molecular formula is C5H7F3O2. The molecule has 0 heterocycles. The number of rotatable bonds is 3. The van der Waals surface area contributed by atoms with Gasteiger partial charge in [-0.05, 0) is 6.08 Å². The van der Waals surface area contributed by atoms with E-state index in [-0.39, 0.29) is 6.33 Å². The van der Waals surface area contributed by atoms with Crippen molar-refractivity contribution in [2.45, 2.75) is 18.6 Å². The highest BCUT2D eigenvalue weighted by atomic mass is 19.2. The minimum atomic E-state index is -2.69. The molecule has 0 spiro atoms. The number of hydrogen-bond donors (Lipinski definition) is 2. The summed E-state index contributed by atoms with van der Waals surface area (Å²) in [4.78, 5) is 0. The lowest BCUT2D eigenvalue weighted by molar-refractivity contribution is -0.0868. The van der Waals surface area contributed by atoms with Crippen LogP contribution in [0, 0.1) is 0 Å². The fraction of sp³-hybridized carbons (Fsp3) is 0.600. The molecule has 0 aromatic heterocycles. The van der Waals surface area contributed by atoms with Crippen LogP contribution in [0.15, 0.2) is 12.4 Å². The predicted molar refractivity (Wildman–Crippen MR) is 28.3 cm³/mol. The molecule has 0 rings (SSSR count). The molecule has 0 aliphatic heterocycles. The van der Waals surface area contributed by atoms with Gasteiger partial charge in [0.2, 0.25) is 6.36 Å². The van der Waals surface area contributed by atoms with Gasteiger partial charge in [0.05, 0.1) is 6.33 Å². The summed E-state index contributed by atoms with van der Waals surface area (Å²) >= 11 is 0. The molecule has 2 N–H and O–H groups in total. The minimum Gasteiger partial charge on any atom is -0.384 e. The van der Waals surface area contributed by atoms with Gasteiger partial charge in [-0.1, -0.05) is 0 Å². The summed E-state index contributed by atoms with van der Waals surface area (Å²) in [5.74, 6) is 0. The Labute approximate surface area is 55.6 Å². The Hall–Kier alpha value is -0.550. The van der Waals surface area contributed by atoms with Crippen molar-refractivity contribution in [2.24, 2.45) is 0 Å². The first-order valence-electron chi connectivity index (χ1n) is 2.50. The normalized spacial score (nSPS) is 20.9. The molecule has 0 bridgehead atoms. The van der Waals surface area contributed by atoms with E-state index in [0.717, 1.165) is 0 Å². The van der Waals surface area contributed by atoms with E-state index in [1.165, 1.54) is 0 Å². The molecule has 60 valence electrons. The molecule has 3 atom stereocenters. The zero-order valence-electron chi connectivity index (χ0n) is 4.92. The van der Waals surface area contributed by atoms with E-state index in [1.807, 2.05) is 0 Å². The van der Waals surface area contributed by atoms with Crippen LogP contribution >= 0.6 is 0 Å². The molecule has 3 unspecified atom stereocenters. The van der Waals surface area contributed by atoms with Gasteiger partial charge in [0.1, 0.15) is 6.10 Å². The van der Waals surface area contributed by atoms with Gasteiger partial charge in [-0.25, -0.2) is 13.2 Å². The summed E-state index contributed by atoms with van der Waals surface area (Å²) in [5.41, 5.74) is 0. The van der Waals surface area contributed by atoms with E-state index in [9.17, 15) is 13.2 Å². The molecule has 0 saturated heterocycles. The fourth-order valence-electron chi connectivity index (χ4n) is 0.335. The molecular weight excluding hydrogens is 149 g/mol. The van der Waals surface area contributed by atoms with Crippen LogP contribution in [0.25, 0.3) is 0 Å². The molecule has 0 fully saturated rings. The third-order valence-corrected chi connectivity index (χ3v) is 0.865. The lowest BCUT2D eigenvalue weighted by atomic mass is 10.2. The number of halogens is 3. The van der Waals surface area contributed by atoms with Crippen molar-refractivity contribution >= 4 is 0 Å². The molecule has 0 amide bonds. The summed E-state index contributed by atoms with van der Waals surface area (Å²) in [6.45, 7) is 0. The van der Waals surface area contributed by atoms with Crippen molar-refractivity contribution < 1.29 is 23.4 Å². The Morgan fingerprint density at radius 2 is 1.70 bits per heavy atom. The molecule has 0 aromatic rings. The van der Waals surface area contributed by atoms with Crippen molar-refractivity contribution in [1.29, 1.82) is 0 Å². The van der Waals surface area contributed by atoms with Crippen molar-refractivity contribution in [1.82, 2.24) is 0 Å². The average molecular weight is 156 g/mol. The maximum atomic E-state index is 12.1. The molecule has 10 heavy (non-hydrogen) atoms. The summed E-state index contributed by atoms with van der Waals surface area (Å²) in [6, 6.07) is 0. The van der Waals surface area contributed by atoms with E-state index in [1.54, 1.807) is 0 Å². The topological polar surface area (TPSA) is 40.5 Å². The Morgan fingerprint density at radius 1 is 1.20 bits per heavy atom. The molecule has 0 aromatic carbocycles. The van der Waals surface area contributed by atoms with Gasteiger partial charge in [0, 0.05) is 0 Å². The van der Waals surface area contributed by atoms with E-state index < -0.39 is 18.6 Å². The third-order valence-electron chi connectivity index (χ3n) is 0.865. The molecule has 0 aliphatic rings. The lowest BCUT2D eigenvalue weighted by Gasteiger charge is -2.11. The number of alkyl halides is 2. The summed E-state index contributed by atoms with van der Waals surface area (Å²) in [7, 11) is 0. The number of hydrogen-bond acceptors (Lipinski definition) is 2. The first-order valence-corrected chi connectivity index (χ1v) is 2.50. The minimum absolute atomic E-state index is 0.170. The lowest BCUT2D eigenvalue weighted by Crippen LogP contribution is -2.30. The zero-order valence-corrected chi connectivity index (χ0v) is 4.92. The summed E-state index contributed by atoms with van der Waals surface area (Å²) < 4.78 is 34.8. The predicted octanol–water partition coefficient (Wildman–Crippen LogP) is 0.456. The smallest absolute Gasteiger partial charge is 0.225 e. The highest BCUT2D eigenvalue weighted by Gasteiger charge is 2.23. The fourth-order valence-corrected chi connectivity index (χ4v) is 0.335. The van der Waals surface area contributed by atoms with Crippen LogP contribution < -0.4 is 0 Å². The Kier molecular flexibility index (Phi) is 4.06. The van der Waals surface area contributed by atoms with Crippen molar-refractivity contribution in [3.63, 3.8) is 0 Å². The summed E-state index contributed by atoms with van der Waals surface area (Å²) in [6.07, 6.45) is -6.99. The van der Waals surface area contributed by atoms with Gasteiger partial charge in [0.15, 0.2) is 6.17 Å². The largest absolute Gasteiger partial charge is 0.384 e. The van der Waals surface area contributed by atoms with Crippen molar-refractivity contribution in [3.05, 3.63) is 12.4 Å². The second kappa shape index (κ2) is 4.29.